The van der Waals surface area contributed by atoms with Gasteiger partial charge in [-0.15, -0.1) is 0 Å². The number of carboxylic acid groups (broad SMARTS) is 1. The van der Waals surface area contributed by atoms with Gasteiger partial charge in [-0.2, -0.15) is 0 Å². The molecule has 25 heavy (non-hydrogen) atoms. The molecule has 1 aromatic heterocycles. The van der Waals surface area contributed by atoms with Crippen LogP contribution >= 0.6 is 0 Å². The molecule has 1 aromatic carbocycles. The number of pyridine rings is 1. The number of nitrogens with zero attached hydrogens (tertiary/aromatic N) is 2. The standard InChI is InChI=1S/C20H24N2O3/c23-20(24)15-25-19-9-8-16(18-7-3-4-10-21-18)13-17(19)14-22-11-5-1-2-6-12-22/h3-4,7-10,13H,1-2,5-6,11-12,14-15H2,(H,23,24). The van der Waals surface area contributed by atoms with E-state index in [2.05, 4.69) is 16.0 Å². The number of likely N-dealkylation sites (tertiary alicyclic amines) is 1. The lowest BCUT2D eigenvalue weighted by Gasteiger charge is -2.22. The highest BCUT2D eigenvalue weighted by atomic mass is 16.5. The maximum absolute atomic E-state index is 10.9. The maximum Gasteiger partial charge on any atom is 0.341 e. The lowest BCUT2D eigenvalue weighted by Crippen LogP contribution is -2.24. The molecule has 5 heteroatoms. The Morgan fingerprint density at radius 1 is 1.12 bits per heavy atom. The molecule has 3 rings (SSSR count). The van der Waals surface area contributed by atoms with Gasteiger partial charge >= 0.3 is 5.97 Å². The summed E-state index contributed by atoms with van der Waals surface area (Å²) in [4.78, 5) is 17.7. The highest BCUT2D eigenvalue weighted by Crippen LogP contribution is 2.27. The second-order valence-corrected chi connectivity index (χ2v) is 6.41. The van der Waals surface area contributed by atoms with Gasteiger partial charge in [0, 0.05) is 23.9 Å². The van der Waals surface area contributed by atoms with Gasteiger partial charge in [0.15, 0.2) is 6.61 Å². The summed E-state index contributed by atoms with van der Waals surface area (Å²) in [6, 6.07) is 11.7. The Morgan fingerprint density at radius 3 is 2.60 bits per heavy atom. The normalized spacial score (nSPS) is 15.5. The fourth-order valence-electron chi connectivity index (χ4n) is 3.21. The van der Waals surface area contributed by atoms with Crippen LogP contribution in [-0.4, -0.2) is 40.7 Å². The van der Waals surface area contributed by atoms with Gasteiger partial charge in [-0.25, -0.2) is 4.79 Å². The number of aliphatic carboxylic acids is 1. The van der Waals surface area contributed by atoms with Gasteiger partial charge in [-0.1, -0.05) is 18.9 Å². The van der Waals surface area contributed by atoms with Gasteiger partial charge in [0.05, 0.1) is 5.69 Å². The zero-order valence-corrected chi connectivity index (χ0v) is 14.4. The summed E-state index contributed by atoms with van der Waals surface area (Å²) in [5.74, 6) is -0.319. The van der Waals surface area contributed by atoms with Gasteiger partial charge in [0.1, 0.15) is 5.75 Å². The minimum atomic E-state index is -0.963. The molecule has 1 N–H and O–H groups in total. The zero-order chi connectivity index (χ0) is 17.5. The Balaban J connectivity index is 1.85. The van der Waals surface area contributed by atoms with Crippen molar-refractivity contribution in [3.63, 3.8) is 0 Å². The van der Waals surface area contributed by atoms with E-state index in [0.717, 1.165) is 36.5 Å². The lowest BCUT2D eigenvalue weighted by atomic mass is 10.1. The largest absolute Gasteiger partial charge is 0.482 e. The average Bonchev–Trinajstić information content (AvgIpc) is 2.90. The van der Waals surface area contributed by atoms with Crippen LogP contribution in [0.15, 0.2) is 42.6 Å². The predicted molar refractivity (Wildman–Crippen MR) is 96.5 cm³/mol. The van der Waals surface area contributed by atoms with Crippen molar-refractivity contribution in [3.8, 4) is 17.0 Å². The molecule has 1 saturated heterocycles. The van der Waals surface area contributed by atoms with Crippen LogP contribution in [-0.2, 0) is 11.3 Å². The Hall–Kier alpha value is -2.40. The highest BCUT2D eigenvalue weighted by molar-refractivity contribution is 5.69. The molecule has 1 aliphatic heterocycles. The maximum atomic E-state index is 10.9. The van der Waals surface area contributed by atoms with E-state index in [0.29, 0.717) is 5.75 Å². The summed E-state index contributed by atoms with van der Waals surface area (Å²) in [6.07, 6.45) is 6.77. The third kappa shape index (κ3) is 5.03. The number of hydrogen-bond donors (Lipinski definition) is 1. The van der Waals surface area contributed by atoms with E-state index in [1.165, 1.54) is 25.7 Å². The van der Waals surface area contributed by atoms with Crippen LogP contribution in [0.3, 0.4) is 0 Å². The molecular weight excluding hydrogens is 316 g/mol. The summed E-state index contributed by atoms with van der Waals surface area (Å²) < 4.78 is 5.52. The van der Waals surface area contributed by atoms with Crippen molar-refractivity contribution in [2.75, 3.05) is 19.7 Å². The molecule has 1 fully saturated rings. The number of carbonyl (C=O) groups is 1. The van der Waals surface area contributed by atoms with E-state index in [1.807, 2.05) is 30.3 Å². The third-order valence-electron chi connectivity index (χ3n) is 4.46. The van der Waals surface area contributed by atoms with E-state index in [1.54, 1.807) is 6.20 Å². The minimum absolute atomic E-state index is 0.323. The molecule has 0 aliphatic carbocycles. The summed E-state index contributed by atoms with van der Waals surface area (Å²) in [7, 11) is 0. The Kier molecular flexibility index (Phi) is 6.01. The van der Waals surface area contributed by atoms with Crippen molar-refractivity contribution in [3.05, 3.63) is 48.2 Å². The first-order valence-electron chi connectivity index (χ1n) is 8.83. The van der Waals surface area contributed by atoms with E-state index in [4.69, 9.17) is 9.84 Å². The molecule has 132 valence electrons. The highest BCUT2D eigenvalue weighted by Gasteiger charge is 2.14. The molecule has 5 nitrogen and oxygen atoms in total. The monoisotopic (exact) mass is 340 g/mol. The Bertz CT molecular complexity index is 695. The SMILES string of the molecule is O=C(O)COc1ccc(-c2ccccn2)cc1CN1CCCCCC1. The van der Waals surface area contributed by atoms with Gasteiger partial charge < -0.3 is 9.84 Å². The number of aromatic nitrogens is 1. The van der Waals surface area contributed by atoms with Gasteiger partial charge in [0.25, 0.3) is 0 Å². The molecule has 0 spiro atoms. The molecule has 2 heterocycles. The number of carboxylic acids is 1. The average molecular weight is 340 g/mol. The summed E-state index contributed by atoms with van der Waals surface area (Å²) in [5, 5.41) is 8.91. The molecule has 0 amide bonds. The van der Waals surface area contributed by atoms with Crippen LogP contribution < -0.4 is 4.74 Å². The molecular formula is C20H24N2O3. The second-order valence-electron chi connectivity index (χ2n) is 6.41. The van der Waals surface area contributed by atoms with E-state index in [9.17, 15) is 4.79 Å². The first-order chi connectivity index (χ1) is 12.2. The molecule has 2 aromatic rings. The van der Waals surface area contributed by atoms with Gasteiger partial charge in [-0.05, 0) is 56.3 Å². The van der Waals surface area contributed by atoms with Gasteiger partial charge in [-0.3, -0.25) is 9.88 Å². The van der Waals surface area contributed by atoms with Crippen LogP contribution in [0, 0.1) is 0 Å². The van der Waals surface area contributed by atoms with Crippen molar-refractivity contribution >= 4 is 5.97 Å². The molecule has 0 unspecified atom stereocenters. The van der Waals surface area contributed by atoms with Crippen molar-refractivity contribution in [2.45, 2.75) is 32.2 Å². The van der Waals surface area contributed by atoms with E-state index in [-0.39, 0.29) is 6.61 Å². The number of benzene rings is 1. The molecule has 0 atom stereocenters. The smallest absolute Gasteiger partial charge is 0.341 e. The Morgan fingerprint density at radius 2 is 1.92 bits per heavy atom. The fraction of sp³-hybridized carbons (Fsp3) is 0.400. The number of rotatable bonds is 6. The summed E-state index contributed by atoms with van der Waals surface area (Å²) >= 11 is 0. The number of hydrogen-bond acceptors (Lipinski definition) is 4. The molecule has 0 saturated carbocycles. The first-order valence-corrected chi connectivity index (χ1v) is 8.83. The van der Waals surface area contributed by atoms with Crippen LogP contribution in [0.5, 0.6) is 5.75 Å². The predicted octanol–water partition coefficient (Wildman–Crippen LogP) is 3.59. The van der Waals surface area contributed by atoms with E-state index >= 15 is 0 Å². The lowest BCUT2D eigenvalue weighted by molar-refractivity contribution is -0.139. The minimum Gasteiger partial charge on any atom is -0.482 e. The van der Waals surface area contributed by atoms with Crippen LogP contribution in [0.1, 0.15) is 31.2 Å². The Labute approximate surface area is 148 Å². The van der Waals surface area contributed by atoms with Crippen LogP contribution in [0.2, 0.25) is 0 Å². The molecule has 0 bridgehead atoms. The fourth-order valence-corrected chi connectivity index (χ4v) is 3.21. The summed E-state index contributed by atoms with van der Waals surface area (Å²) in [6.45, 7) is 2.60. The van der Waals surface area contributed by atoms with Crippen molar-refractivity contribution in [1.29, 1.82) is 0 Å². The molecule has 0 radical (unpaired) electrons. The van der Waals surface area contributed by atoms with Crippen molar-refractivity contribution in [1.82, 2.24) is 9.88 Å². The second kappa shape index (κ2) is 8.62. The molecule has 1 aliphatic rings. The first kappa shape index (κ1) is 17.4. The van der Waals surface area contributed by atoms with E-state index < -0.39 is 5.97 Å². The number of ether oxygens (including phenoxy) is 1. The zero-order valence-electron chi connectivity index (χ0n) is 14.4. The van der Waals surface area contributed by atoms with Crippen molar-refractivity contribution < 1.29 is 14.6 Å². The third-order valence-corrected chi connectivity index (χ3v) is 4.46. The van der Waals surface area contributed by atoms with Crippen molar-refractivity contribution in [2.24, 2.45) is 0 Å². The van der Waals surface area contributed by atoms with Crippen LogP contribution in [0.25, 0.3) is 11.3 Å². The quantitative estimate of drug-likeness (QED) is 0.871. The summed E-state index contributed by atoms with van der Waals surface area (Å²) in [5.41, 5.74) is 2.95. The van der Waals surface area contributed by atoms with Crippen LogP contribution in [0.4, 0.5) is 0 Å². The van der Waals surface area contributed by atoms with Gasteiger partial charge in [0.2, 0.25) is 0 Å². The topological polar surface area (TPSA) is 62.7 Å².